The van der Waals surface area contributed by atoms with Crippen molar-refractivity contribution in [1.82, 2.24) is 9.97 Å². The first-order chi connectivity index (χ1) is 8.96. The first kappa shape index (κ1) is 13.4. The molecular formula is C15H15FN2Si. The largest absolute Gasteiger partial charge is 0.263 e. The third-order valence-corrected chi connectivity index (χ3v) is 3.27. The van der Waals surface area contributed by atoms with Gasteiger partial charge in [0.1, 0.15) is 8.07 Å². The van der Waals surface area contributed by atoms with Gasteiger partial charge in [0, 0.05) is 35.3 Å². The highest BCUT2D eigenvalue weighted by atomic mass is 28.3. The molecule has 0 atom stereocenters. The Balaban J connectivity index is 2.40. The average Bonchev–Trinajstić information content (AvgIpc) is 2.36. The molecule has 0 aliphatic heterocycles. The molecule has 2 nitrogen and oxygen atoms in total. The van der Waals surface area contributed by atoms with E-state index in [1.807, 2.05) is 6.07 Å². The Morgan fingerprint density at radius 3 is 2.68 bits per heavy atom. The van der Waals surface area contributed by atoms with Crippen LogP contribution in [0, 0.1) is 17.4 Å². The molecule has 2 aromatic heterocycles. The topological polar surface area (TPSA) is 25.8 Å². The summed E-state index contributed by atoms with van der Waals surface area (Å²) >= 11 is 0. The number of nitrogens with zero attached hydrogens (tertiary/aromatic N) is 2. The van der Waals surface area contributed by atoms with E-state index in [1.54, 1.807) is 24.5 Å². The zero-order valence-electron chi connectivity index (χ0n) is 11.2. The lowest BCUT2D eigenvalue weighted by atomic mass is 10.1. The maximum absolute atomic E-state index is 13.6. The molecule has 0 fully saturated rings. The van der Waals surface area contributed by atoms with Crippen LogP contribution in [0.1, 0.15) is 5.56 Å². The summed E-state index contributed by atoms with van der Waals surface area (Å²) < 4.78 is 13.6. The fourth-order valence-electron chi connectivity index (χ4n) is 1.52. The van der Waals surface area contributed by atoms with E-state index in [4.69, 9.17) is 0 Å². The summed E-state index contributed by atoms with van der Waals surface area (Å²) in [6.07, 6.45) is 4.76. The zero-order valence-corrected chi connectivity index (χ0v) is 12.2. The van der Waals surface area contributed by atoms with Crippen LogP contribution in [0.4, 0.5) is 4.39 Å². The van der Waals surface area contributed by atoms with Gasteiger partial charge < -0.3 is 0 Å². The van der Waals surface area contributed by atoms with Gasteiger partial charge in [-0.2, -0.15) is 4.39 Å². The van der Waals surface area contributed by atoms with Gasteiger partial charge in [-0.25, -0.2) is 4.98 Å². The second kappa shape index (κ2) is 5.33. The molecule has 0 aliphatic carbocycles. The van der Waals surface area contributed by atoms with E-state index < -0.39 is 14.0 Å². The number of pyridine rings is 2. The summed E-state index contributed by atoms with van der Waals surface area (Å²) in [4.78, 5) is 7.77. The Morgan fingerprint density at radius 2 is 2.00 bits per heavy atom. The van der Waals surface area contributed by atoms with Crippen LogP contribution < -0.4 is 0 Å². The maximum Gasteiger partial charge on any atom is 0.220 e. The molecule has 2 aromatic rings. The molecule has 0 saturated heterocycles. The minimum absolute atomic E-state index is 0.451. The monoisotopic (exact) mass is 270 g/mol. The zero-order chi connectivity index (χ0) is 13.9. The Kier molecular flexibility index (Phi) is 3.77. The lowest BCUT2D eigenvalue weighted by Gasteiger charge is -2.04. The second-order valence-electron chi connectivity index (χ2n) is 5.30. The molecular weight excluding hydrogens is 255 g/mol. The molecule has 0 unspecified atom stereocenters. The van der Waals surface area contributed by atoms with Crippen molar-refractivity contribution < 1.29 is 4.39 Å². The number of halogens is 1. The Morgan fingerprint density at radius 1 is 1.21 bits per heavy atom. The van der Waals surface area contributed by atoms with Crippen molar-refractivity contribution in [3.63, 3.8) is 0 Å². The van der Waals surface area contributed by atoms with Gasteiger partial charge in [-0.05, 0) is 18.2 Å². The van der Waals surface area contributed by atoms with Crippen molar-refractivity contribution in [2.75, 3.05) is 0 Å². The van der Waals surface area contributed by atoms with Crippen molar-refractivity contribution in [2.24, 2.45) is 0 Å². The number of hydrogen-bond acceptors (Lipinski definition) is 2. The number of hydrogen-bond donors (Lipinski definition) is 0. The standard InChI is InChI=1S/C15H15FN2Si/c1-19(2,3)8-6-12-9-13(11-17-10-12)14-5-4-7-18-15(14)16/h4-5,7,9-11H,1-3H3. The van der Waals surface area contributed by atoms with Crippen LogP contribution in [-0.4, -0.2) is 18.0 Å². The van der Waals surface area contributed by atoms with Gasteiger partial charge in [-0.1, -0.05) is 25.6 Å². The molecule has 0 N–H and O–H groups in total. The molecule has 0 spiro atoms. The average molecular weight is 270 g/mol. The van der Waals surface area contributed by atoms with Crippen LogP contribution >= 0.6 is 0 Å². The Labute approximate surface area is 113 Å². The molecule has 0 aromatic carbocycles. The van der Waals surface area contributed by atoms with Crippen molar-refractivity contribution in [2.45, 2.75) is 19.6 Å². The van der Waals surface area contributed by atoms with Crippen LogP contribution in [0.25, 0.3) is 11.1 Å². The van der Waals surface area contributed by atoms with Crippen molar-refractivity contribution >= 4 is 8.07 Å². The quantitative estimate of drug-likeness (QED) is 0.450. The number of rotatable bonds is 1. The molecule has 19 heavy (non-hydrogen) atoms. The Bertz CT molecular complexity index is 651. The summed E-state index contributed by atoms with van der Waals surface area (Å²) in [5.41, 5.74) is 5.23. The van der Waals surface area contributed by atoms with E-state index in [-0.39, 0.29) is 0 Å². The number of aromatic nitrogens is 2. The fraction of sp³-hybridized carbons (Fsp3) is 0.200. The van der Waals surface area contributed by atoms with Crippen LogP contribution in [0.3, 0.4) is 0 Å². The van der Waals surface area contributed by atoms with E-state index in [0.717, 1.165) is 5.56 Å². The molecule has 0 radical (unpaired) electrons. The third kappa shape index (κ3) is 3.73. The predicted octanol–water partition coefficient (Wildman–Crippen LogP) is 3.51. The third-order valence-electron chi connectivity index (χ3n) is 2.39. The summed E-state index contributed by atoms with van der Waals surface area (Å²) in [5, 5.41) is 0. The summed E-state index contributed by atoms with van der Waals surface area (Å²) in [6, 6.07) is 5.24. The smallest absolute Gasteiger partial charge is 0.220 e. The lowest BCUT2D eigenvalue weighted by Crippen LogP contribution is -2.16. The van der Waals surface area contributed by atoms with Crippen molar-refractivity contribution in [3.05, 3.63) is 48.3 Å². The molecule has 0 saturated carbocycles. The molecule has 0 amide bonds. The van der Waals surface area contributed by atoms with E-state index in [0.29, 0.717) is 11.1 Å². The first-order valence-corrected chi connectivity index (χ1v) is 9.55. The lowest BCUT2D eigenvalue weighted by molar-refractivity contribution is 0.587. The minimum Gasteiger partial charge on any atom is -0.263 e. The van der Waals surface area contributed by atoms with Gasteiger partial charge >= 0.3 is 0 Å². The fourth-order valence-corrected chi connectivity index (χ4v) is 2.04. The molecule has 0 bridgehead atoms. The van der Waals surface area contributed by atoms with Gasteiger partial charge in [0.05, 0.1) is 0 Å². The molecule has 2 rings (SSSR count). The van der Waals surface area contributed by atoms with Gasteiger partial charge in [0.15, 0.2) is 0 Å². The molecule has 96 valence electrons. The van der Waals surface area contributed by atoms with E-state index in [9.17, 15) is 4.39 Å². The maximum atomic E-state index is 13.6. The van der Waals surface area contributed by atoms with Crippen LogP contribution in [0.15, 0.2) is 36.8 Å². The van der Waals surface area contributed by atoms with Crippen LogP contribution in [-0.2, 0) is 0 Å². The minimum atomic E-state index is -1.42. The normalized spacial score (nSPS) is 10.7. The highest BCUT2D eigenvalue weighted by molar-refractivity contribution is 6.83. The van der Waals surface area contributed by atoms with Crippen molar-refractivity contribution in [3.8, 4) is 22.6 Å². The summed E-state index contributed by atoms with van der Waals surface area (Å²) in [7, 11) is -1.42. The highest BCUT2D eigenvalue weighted by Crippen LogP contribution is 2.20. The van der Waals surface area contributed by atoms with E-state index in [2.05, 4.69) is 41.1 Å². The summed E-state index contributed by atoms with van der Waals surface area (Å²) in [5.74, 6) is 2.63. The SMILES string of the molecule is C[Si](C)(C)C#Cc1cncc(-c2cccnc2F)c1. The van der Waals surface area contributed by atoms with E-state index in [1.165, 1.54) is 6.20 Å². The predicted molar refractivity (Wildman–Crippen MR) is 77.7 cm³/mol. The van der Waals surface area contributed by atoms with Crippen LogP contribution in [0.2, 0.25) is 19.6 Å². The van der Waals surface area contributed by atoms with Gasteiger partial charge in [0.25, 0.3) is 0 Å². The van der Waals surface area contributed by atoms with Crippen molar-refractivity contribution in [1.29, 1.82) is 0 Å². The molecule has 4 heteroatoms. The summed E-state index contributed by atoms with van der Waals surface area (Å²) in [6.45, 7) is 6.54. The highest BCUT2D eigenvalue weighted by Gasteiger charge is 2.08. The Hall–Kier alpha value is -1.99. The van der Waals surface area contributed by atoms with Gasteiger partial charge in [-0.15, -0.1) is 5.54 Å². The van der Waals surface area contributed by atoms with E-state index >= 15 is 0 Å². The molecule has 2 heterocycles. The first-order valence-electron chi connectivity index (χ1n) is 6.05. The van der Waals surface area contributed by atoms with Gasteiger partial charge in [-0.3, -0.25) is 4.98 Å². The van der Waals surface area contributed by atoms with Crippen LogP contribution in [0.5, 0.6) is 0 Å². The van der Waals surface area contributed by atoms with Gasteiger partial charge in [0.2, 0.25) is 5.95 Å². The second-order valence-corrected chi connectivity index (χ2v) is 10.1. The molecule has 0 aliphatic rings.